The van der Waals surface area contributed by atoms with Gasteiger partial charge in [-0.3, -0.25) is 0 Å². The van der Waals surface area contributed by atoms with Gasteiger partial charge in [0.25, 0.3) is 8.32 Å². The lowest BCUT2D eigenvalue weighted by atomic mass is 9.82. The van der Waals surface area contributed by atoms with E-state index in [1.807, 2.05) is 12.1 Å². The summed E-state index contributed by atoms with van der Waals surface area (Å²) in [4.78, 5) is 0. The second kappa shape index (κ2) is 20.7. The molecule has 1 heterocycles. The third-order valence-corrected chi connectivity index (χ3v) is 22.9. The van der Waals surface area contributed by atoms with E-state index in [1.54, 1.807) is 7.11 Å². The second-order valence-corrected chi connectivity index (χ2v) is 30.1. The first-order chi connectivity index (χ1) is 27.5. The van der Waals surface area contributed by atoms with Crippen molar-refractivity contribution in [2.45, 2.75) is 163 Å². The van der Waals surface area contributed by atoms with Crippen LogP contribution in [-0.4, -0.2) is 61.1 Å². The highest BCUT2D eigenvalue weighted by molar-refractivity contribution is 6.99. The average molecular weight is 847 g/mol. The summed E-state index contributed by atoms with van der Waals surface area (Å²) < 4.78 is 39.9. The molecule has 1 aliphatic heterocycles. The van der Waals surface area contributed by atoms with Crippen LogP contribution in [0.4, 0.5) is 0 Å². The molecule has 3 aromatic rings. The summed E-state index contributed by atoms with van der Waals surface area (Å²) in [5, 5.41) is 2.66. The molecule has 59 heavy (non-hydrogen) atoms. The maximum atomic E-state index is 7.42. The Labute approximate surface area is 362 Å². The minimum Gasteiger partial charge on any atom is -0.497 e. The van der Waals surface area contributed by atoms with Gasteiger partial charge in [-0.2, -0.15) is 0 Å². The van der Waals surface area contributed by atoms with Crippen LogP contribution >= 0.6 is 0 Å². The van der Waals surface area contributed by atoms with Crippen LogP contribution in [0, 0.1) is 29.6 Å². The third-order valence-electron chi connectivity index (χ3n) is 13.4. The van der Waals surface area contributed by atoms with Crippen molar-refractivity contribution in [3.8, 4) is 5.75 Å². The highest BCUT2D eigenvalue weighted by Crippen LogP contribution is 2.42. The Kier molecular flexibility index (Phi) is 17.3. The monoisotopic (exact) mass is 847 g/mol. The number of rotatable bonds is 20. The van der Waals surface area contributed by atoms with Crippen LogP contribution in [0.1, 0.15) is 115 Å². The van der Waals surface area contributed by atoms with Gasteiger partial charge in [0.15, 0.2) is 14.1 Å². The van der Waals surface area contributed by atoms with Gasteiger partial charge in [-0.1, -0.05) is 149 Å². The van der Waals surface area contributed by atoms with Crippen LogP contribution in [-0.2, 0) is 29.7 Å². The molecular weight excluding hydrogens is 765 g/mol. The van der Waals surface area contributed by atoms with Crippen LogP contribution in [0.15, 0.2) is 84.9 Å². The molecule has 0 aliphatic carbocycles. The van der Waals surface area contributed by atoms with Crippen molar-refractivity contribution >= 4 is 27.0 Å². The first-order valence-corrected chi connectivity index (χ1v) is 27.3. The number of methoxy groups -OCH3 is 1. The Balaban J connectivity index is 1.43. The van der Waals surface area contributed by atoms with Crippen LogP contribution in [0.2, 0.25) is 23.2 Å². The molecule has 0 N–H and O–H groups in total. The zero-order valence-electron chi connectivity index (χ0n) is 39.9. The van der Waals surface area contributed by atoms with E-state index in [2.05, 4.69) is 176 Å². The predicted octanol–water partition coefficient (Wildman–Crippen LogP) is 12.0. The predicted molar refractivity (Wildman–Crippen MR) is 252 cm³/mol. The van der Waals surface area contributed by atoms with Gasteiger partial charge in [0.05, 0.1) is 38.6 Å². The molecule has 1 saturated heterocycles. The third kappa shape index (κ3) is 12.9. The van der Waals surface area contributed by atoms with Crippen molar-refractivity contribution < 1.29 is 27.8 Å². The Hall–Kier alpha value is -2.31. The molecule has 1 aliphatic rings. The summed E-state index contributed by atoms with van der Waals surface area (Å²) in [5.41, 5.74) is 1.15. The van der Waals surface area contributed by atoms with Crippen LogP contribution < -0.4 is 15.1 Å². The summed E-state index contributed by atoms with van der Waals surface area (Å²) in [6.45, 7) is 36.6. The Morgan fingerprint density at radius 2 is 1.29 bits per heavy atom. The largest absolute Gasteiger partial charge is 0.497 e. The van der Waals surface area contributed by atoms with Crippen molar-refractivity contribution in [3.63, 3.8) is 0 Å². The molecule has 3 aromatic carbocycles. The lowest BCUT2D eigenvalue weighted by Crippen LogP contribution is -2.67. The lowest BCUT2D eigenvalue weighted by molar-refractivity contribution is -0.328. The summed E-state index contributed by atoms with van der Waals surface area (Å²) in [5.74, 6) is 1.75. The van der Waals surface area contributed by atoms with Gasteiger partial charge in [-0.25, -0.2) is 0 Å². The van der Waals surface area contributed by atoms with E-state index < -0.39 is 22.4 Å². The van der Waals surface area contributed by atoms with Crippen LogP contribution in [0.5, 0.6) is 5.75 Å². The molecule has 8 atom stereocenters. The van der Waals surface area contributed by atoms with E-state index in [9.17, 15) is 0 Å². The Morgan fingerprint density at radius 3 is 1.80 bits per heavy atom. The first-order valence-electron chi connectivity index (χ1n) is 22.5. The van der Waals surface area contributed by atoms with Gasteiger partial charge in [0.2, 0.25) is 0 Å². The number of benzene rings is 3. The fourth-order valence-corrected chi connectivity index (χ4v) is 15.2. The molecule has 0 saturated carbocycles. The maximum absolute atomic E-state index is 7.42. The second-order valence-electron chi connectivity index (χ2n) is 21.0. The topological polar surface area (TPSA) is 55.4 Å². The van der Waals surface area contributed by atoms with Crippen molar-refractivity contribution in [1.29, 1.82) is 0 Å². The molecule has 1 fully saturated rings. The van der Waals surface area contributed by atoms with Gasteiger partial charge >= 0.3 is 0 Å². The summed E-state index contributed by atoms with van der Waals surface area (Å²) in [7, 11) is -3.00. The van der Waals surface area contributed by atoms with Gasteiger partial charge in [-0.15, -0.1) is 0 Å². The van der Waals surface area contributed by atoms with E-state index in [0.717, 1.165) is 30.6 Å². The SMILES string of the molecule is COc1ccc(COC[C@H](C)[C@H](O[Si](C)(C)C(C)(C)C)[C@@H](C)C[C@@H](C)CC[C@H]2OC(C)(C)O[C@@H]([C@@H](C)CO[Si](c3ccccc3)(c3ccccc3)C(C)(C)C)[C@H]2C)cc1. The zero-order valence-corrected chi connectivity index (χ0v) is 41.9. The molecule has 0 aromatic heterocycles. The minimum absolute atomic E-state index is 0.0114. The van der Waals surface area contributed by atoms with Crippen molar-refractivity contribution in [2.75, 3.05) is 20.3 Å². The molecule has 4 rings (SSSR count). The van der Waals surface area contributed by atoms with E-state index >= 15 is 0 Å². The Morgan fingerprint density at radius 1 is 0.729 bits per heavy atom. The van der Waals surface area contributed by atoms with E-state index in [4.69, 9.17) is 27.8 Å². The van der Waals surface area contributed by atoms with E-state index in [1.165, 1.54) is 10.4 Å². The molecule has 0 amide bonds. The van der Waals surface area contributed by atoms with Crippen LogP contribution in [0.25, 0.3) is 0 Å². The molecule has 0 spiro atoms. The number of hydrogen-bond acceptors (Lipinski definition) is 6. The molecule has 8 heteroatoms. The number of hydrogen-bond donors (Lipinski definition) is 0. The van der Waals surface area contributed by atoms with Crippen LogP contribution in [0.3, 0.4) is 0 Å². The van der Waals surface area contributed by atoms with Gasteiger partial charge in [0, 0.05) is 24.4 Å². The van der Waals surface area contributed by atoms with E-state index in [0.29, 0.717) is 31.7 Å². The molecule has 0 radical (unpaired) electrons. The molecule has 6 nitrogen and oxygen atoms in total. The quantitative estimate of drug-likeness (QED) is 0.106. The highest BCUT2D eigenvalue weighted by Gasteiger charge is 2.51. The lowest BCUT2D eigenvalue weighted by Gasteiger charge is -2.48. The molecular formula is C51H82O6Si2. The highest BCUT2D eigenvalue weighted by atomic mass is 28.4. The molecule has 0 bridgehead atoms. The van der Waals surface area contributed by atoms with Crippen molar-refractivity contribution in [3.05, 3.63) is 90.5 Å². The first kappa shape index (κ1) is 49.4. The standard InChI is InChI=1S/C51H82O6Si2/c1-37(33-38(2)47(57-58(15,16)49(6,7)8)39(3)34-53-36-42-28-30-43(52-14)31-29-42)27-32-46-41(5)48(56-51(12,13)55-46)40(4)35-54-59(50(9,10)11,44-23-19-17-20-24-44)45-25-21-18-22-26-45/h17-26,28-31,37-41,46-48H,27,32-36H2,1-16H3/t37-,38-,39-,40-,41-,46+,47+,48-/m0/s1. The summed E-state index contributed by atoms with van der Waals surface area (Å²) in [6, 6.07) is 30.0. The Bertz CT molecular complexity index is 1630. The van der Waals surface area contributed by atoms with Crippen molar-refractivity contribution in [2.24, 2.45) is 29.6 Å². The fourth-order valence-electron chi connectivity index (χ4n) is 9.04. The zero-order chi connectivity index (χ0) is 43.8. The minimum atomic E-state index is -2.67. The maximum Gasteiger partial charge on any atom is 0.261 e. The van der Waals surface area contributed by atoms with Gasteiger partial charge < -0.3 is 27.8 Å². The molecule has 330 valence electrons. The van der Waals surface area contributed by atoms with Gasteiger partial charge in [0.1, 0.15) is 5.75 Å². The normalized spacial score (nSPS) is 21.7. The smallest absolute Gasteiger partial charge is 0.261 e. The van der Waals surface area contributed by atoms with E-state index in [-0.39, 0.29) is 46.1 Å². The summed E-state index contributed by atoms with van der Waals surface area (Å²) >= 11 is 0. The average Bonchev–Trinajstić information content (AvgIpc) is 3.17. The summed E-state index contributed by atoms with van der Waals surface area (Å²) in [6.07, 6.45) is 3.40. The van der Waals surface area contributed by atoms with Crippen molar-refractivity contribution in [1.82, 2.24) is 0 Å². The fraction of sp³-hybridized carbons (Fsp3) is 0.647. The number of ether oxygens (including phenoxy) is 4. The van der Waals surface area contributed by atoms with Gasteiger partial charge in [-0.05, 0) is 96.2 Å². The molecule has 0 unspecified atom stereocenters.